The van der Waals surface area contributed by atoms with E-state index < -0.39 is 0 Å². The van der Waals surface area contributed by atoms with Gasteiger partial charge in [0.15, 0.2) is 5.82 Å². The zero-order valence-electron chi connectivity index (χ0n) is 13.0. The van der Waals surface area contributed by atoms with Gasteiger partial charge >= 0.3 is 0 Å². The number of likely N-dealkylation sites (N-methyl/N-ethyl adjacent to an activating group) is 1. The first kappa shape index (κ1) is 15.1. The summed E-state index contributed by atoms with van der Waals surface area (Å²) in [4.78, 5) is 6.89. The predicted molar refractivity (Wildman–Crippen MR) is 81.5 cm³/mol. The quantitative estimate of drug-likeness (QED) is 0.870. The summed E-state index contributed by atoms with van der Waals surface area (Å²) in [5.74, 6) is 1.39. The largest absolute Gasteiger partial charge is 0.377 e. The molecule has 22 heavy (non-hydrogen) atoms. The van der Waals surface area contributed by atoms with Crippen molar-refractivity contribution in [1.29, 1.82) is 0 Å². The average molecular weight is 304 g/mol. The lowest BCUT2D eigenvalue weighted by molar-refractivity contribution is 0.177. The van der Waals surface area contributed by atoms with Crippen LogP contribution < -0.4 is 0 Å². The van der Waals surface area contributed by atoms with E-state index >= 15 is 0 Å². The SMILES string of the molecule is COCc1nc(C2CCCN(C)C2)n(-c2ccccc2F)n1. The Morgan fingerprint density at radius 2 is 2.18 bits per heavy atom. The van der Waals surface area contributed by atoms with Gasteiger partial charge in [0.2, 0.25) is 0 Å². The third-order valence-corrected chi connectivity index (χ3v) is 4.02. The van der Waals surface area contributed by atoms with Gasteiger partial charge in [-0.25, -0.2) is 14.1 Å². The fourth-order valence-corrected chi connectivity index (χ4v) is 3.00. The molecule has 1 aromatic heterocycles. The van der Waals surface area contributed by atoms with Gasteiger partial charge in [-0.15, -0.1) is 5.10 Å². The molecule has 6 heteroatoms. The molecule has 0 spiro atoms. The Balaban J connectivity index is 2.02. The van der Waals surface area contributed by atoms with Gasteiger partial charge in [0.05, 0.1) is 0 Å². The number of benzene rings is 1. The van der Waals surface area contributed by atoms with Crippen LogP contribution in [0.4, 0.5) is 4.39 Å². The lowest BCUT2D eigenvalue weighted by Crippen LogP contribution is -2.32. The highest BCUT2D eigenvalue weighted by molar-refractivity contribution is 5.34. The Bertz CT molecular complexity index is 643. The van der Waals surface area contributed by atoms with Crippen molar-refractivity contribution < 1.29 is 9.13 Å². The number of hydrogen-bond donors (Lipinski definition) is 0. The van der Waals surface area contributed by atoms with E-state index in [0.29, 0.717) is 18.1 Å². The number of rotatable bonds is 4. The second-order valence-corrected chi connectivity index (χ2v) is 5.78. The summed E-state index contributed by atoms with van der Waals surface area (Å²) in [6.07, 6.45) is 2.16. The maximum atomic E-state index is 14.2. The lowest BCUT2D eigenvalue weighted by Gasteiger charge is -2.29. The molecular weight excluding hydrogens is 283 g/mol. The highest BCUT2D eigenvalue weighted by Gasteiger charge is 2.26. The molecule has 1 saturated heterocycles. The lowest BCUT2D eigenvalue weighted by atomic mass is 9.97. The number of methoxy groups -OCH3 is 1. The molecule has 2 aromatic rings. The van der Waals surface area contributed by atoms with Crippen molar-refractivity contribution in [3.05, 3.63) is 41.7 Å². The monoisotopic (exact) mass is 304 g/mol. The number of para-hydroxylation sites is 1. The topological polar surface area (TPSA) is 43.2 Å². The van der Waals surface area contributed by atoms with Crippen molar-refractivity contribution in [3.63, 3.8) is 0 Å². The molecule has 1 atom stereocenters. The first-order valence-corrected chi connectivity index (χ1v) is 7.57. The minimum absolute atomic E-state index is 0.261. The predicted octanol–water partition coefficient (Wildman–Crippen LogP) is 2.36. The van der Waals surface area contributed by atoms with Crippen LogP contribution in [-0.2, 0) is 11.3 Å². The van der Waals surface area contributed by atoms with Crippen LogP contribution in [0.3, 0.4) is 0 Å². The molecule has 1 aliphatic rings. The average Bonchev–Trinajstić information content (AvgIpc) is 2.92. The van der Waals surface area contributed by atoms with Crippen LogP contribution in [-0.4, -0.2) is 46.9 Å². The maximum Gasteiger partial charge on any atom is 0.176 e. The van der Waals surface area contributed by atoms with Gasteiger partial charge < -0.3 is 9.64 Å². The molecule has 2 heterocycles. The third kappa shape index (κ3) is 3.03. The maximum absolute atomic E-state index is 14.2. The van der Waals surface area contributed by atoms with Gasteiger partial charge in [0.1, 0.15) is 23.9 Å². The minimum atomic E-state index is -0.290. The van der Waals surface area contributed by atoms with E-state index in [1.54, 1.807) is 23.9 Å². The Morgan fingerprint density at radius 3 is 2.91 bits per heavy atom. The van der Waals surface area contributed by atoms with E-state index in [4.69, 9.17) is 4.74 Å². The smallest absolute Gasteiger partial charge is 0.176 e. The van der Waals surface area contributed by atoms with E-state index in [9.17, 15) is 4.39 Å². The van der Waals surface area contributed by atoms with Crippen LogP contribution in [0.15, 0.2) is 24.3 Å². The van der Waals surface area contributed by atoms with Crippen molar-refractivity contribution in [3.8, 4) is 5.69 Å². The molecule has 1 unspecified atom stereocenters. The number of aromatic nitrogens is 3. The summed E-state index contributed by atoms with van der Waals surface area (Å²) in [5, 5.41) is 4.45. The van der Waals surface area contributed by atoms with Crippen LogP contribution in [0, 0.1) is 5.82 Å². The van der Waals surface area contributed by atoms with Crippen LogP contribution in [0.25, 0.3) is 5.69 Å². The third-order valence-electron chi connectivity index (χ3n) is 4.02. The molecule has 5 nitrogen and oxygen atoms in total. The number of likely N-dealkylation sites (tertiary alicyclic amines) is 1. The molecule has 0 amide bonds. The second kappa shape index (κ2) is 6.54. The summed E-state index contributed by atoms with van der Waals surface area (Å²) in [7, 11) is 3.71. The number of halogens is 1. The second-order valence-electron chi connectivity index (χ2n) is 5.78. The Kier molecular flexibility index (Phi) is 4.49. The molecule has 0 N–H and O–H groups in total. The first-order valence-electron chi connectivity index (χ1n) is 7.57. The van der Waals surface area contributed by atoms with Crippen molar-refractivity contribution in [2.24, 2.45) is 0 Å². The zero-order chi connectivity index (χ0) is 15.5. The molecular formula is C16H21FN4O. The molecule has 0 aliphatic carbocycles. The number of ether oxygens (including phenoxy) is 1. The van der Waals surface area contributed by atoms with Gasteiger partial charge in [-0.3, -0.25) is 0 Å². The van der Waals surface area contributed by atoms with Gasteiger partial charge in [-0.2, -0.15) is 0 Å². The standard InChI is InChI=1S/C16H21FN4O/c1-20-9-5-6-12(10-20)16-18-15(11-22-2)19-21(16)14-8-4-3-7-13(14)17/h3-4,7-8,12H,5-6,9-11H2,1-2H3. The van der Waals surface area contributed by atoms with Crippen molar-refractivity contribution >= 4 is 0 Å². The molecule has 0 radical (unpaired) electrons. The molecule has 1 aliphatic heterocycles. The van der Waals surface area contributed by atoms with Crippen molar-refractivity contribution in [2.45, 2.75) is 25.4 Å². The van der Waals surface area contributed by atoms with Crippen LogP contribution in [0.2, 0.25) is 0 Å². The zero-order valence-corrected chi connectivity index (χ0v) is 13.0. The minimum Gasteiger partial charge on any atom is -0.377 e. The Hall–Kier alpha value is -1.79. The van der Waals surface area contributed by atoms with E-state index in [0.717, 1.165) is 31.8 Å². The summed E-state index contributed by atoms with van der Waals surface area (Å²) >= 11 is 0. The highest BCUT2D eigenvalue weighted by atomic mass is 19.1. The van der Waals surface area contributed by atoms with Crippen LogP contribution >= 0.6 is 0 Å². The fourth-order valence-electron chi connectivity index (χ4n) is 3.00. The van der Waals surface area contributed by atoms with Crippen LogP contribution in [0.5, 0.6) is 0 Å². The van der Waals surface area contributed by atoms with E-state index in [-0.39, 0.29) is 11.7 Å². The van der Waals surface area contributed by atoms with E-state index in [2.05, 4.69) is 22.0 Å². The van der Waals surface area contributed by atoms with Gasteiger partial charge in [-0.05, 0) is 38.6 Å². The summed E-state index contributed by atoms with van der Waals surface area (Å²) < 4.78 is 20.9. The molecule has 3 rings (SSSR count). The van der Waals surface area contributed by atoms with Crippen molar-refractivity contribution in [2.75, 3.05) is 27.2 Å². The van der Waals surface area contributed by atoms with Gasteiger partial charge in [-0.1, -0.05) is 12.1 Å². The van der Waals surface area contributed by atoms with E-state index in [1.165, 1.54) is 6.07 Å². The number of nitrogens with zero attached hydrogens (tertiary/aromatic N) is 4. The Morgan fingerprint density at radius 1 is 1.36 bits per heavy atom. The fraction of sp³-hybridized carbons (Fsp3) is 0.500. The number of hydrogen-bond acceptors (Lipinski definition) is 4. The molecule has 118 valence electrons. The van der Waals surface area contributed by atoms with Crippen LogP contribution in [0.1, 0.15) is 30.4 Å². The normalized spacial score (nSPS) is 19.5. The number of piperidine rings is 1. The van der Waals surface area contributed by atoms with Gasteiger partial charge in [0.25, 0.3) is 0 Å². The van der Waals surface area contributed by atoms with Crippen molar-refractivity contribution in [1.82, 2.24) is 19.7 Å². The highest BCUT2D eigenvalue weighted by Crippen LogP contribution is 2.27. The molecule has 1 fully saturated rings. The molecule has 0 bridgehead atoms. The summed E-state index contributed by atoms with van der Waals surface area (Å²) in [6.45, 7) is 2.34. The summed E-state index contributed by atoms with van der Waals surface area (Å²) in [6, 6.07) is 6.67. The van der Waals surface area contributed by atoms with E-state index in [1.807, 2.05) is 6.07 Å². The van der Waals surface area contributed by atoms with Gasteiger partial charge in [0, 0.05) is 19.6 Å². The molecule has 1 aromatic carbocycles. The molecule has 0 saturated carbocycles. The summed E-state index contributed by atoms with van der Waals surface area (Å²) in [5.41, 5.74) is 0.445. The first-order chi connectivity index (χ1) is 10.7. The Labute approximate surface area is 129 Å².